The number of esters is 1. The van der Waals surface area contributed by atoms with Crippen LogP contribution < -0.4 is 15.5 Å². The second-order valence-corrected chi connectivity index (χ2v) is 8.93. The van der Waals surface area contributed by atoms with Crippen LogP contribution in [-0.2, 0) is 4.79 Å². The van der Waals surface area contributed by atoms with Gasteiger partial charge in [0.2, 0.25) is 0 Å². The fraction of sp³-hybridized carbons (Fsp3) is 0.0370. The fourth-order valence-electron chi connectivity index (χ4n) is 3.34. The van der Waals surface area contributed by atoms with E-state index in [0.717, 1.165) is 15.2 Å². The molecule has 36 heavy (non-hydrogen) atoms. The predicted octanol–water partition coefficient (Wildman–Crippen LogP) is 5.36. The zero-order valence-corrected chi connectivity index (χ0v) is 21.0. The maximum absolute atomic E-state index is 12.7. The van der Waals surface area contributed by atoms with Crippen LogP contribution in [0.4, 0.5) is 0 Å². The second kappa shape index (κ2) is 11.6. The highest BCUT2D eigenvalue weighted by atomic mass is 79.9. The van der Waals surface area contributed by atoms with E-state index >= 15 is 0 Å². The van der Waals surface area contributed by atoms with E-state index in [-0.39, 0.29) is 18.2 Å². The van der Waals surface area contributed by atoms with E-state index in [4.69, 9.17) is 16.3 Å². The van der Waals surface area contributed by atoms with Gasteiger partial charge < -0.3 is 10.1 Å². The third-order valence-corrected chi connectivity index (χ3v) is 5.84. The largest absolute Gasteiger partial charge is 0.422 e. The van der Waals surface area contributed by atoms with Crippen LogP contribution in [0.5, 0.6) is 5.75 Å². The van der Waals surface area contributed by atoms with Crippen molar-refractivity contribution in [3.05, 3.63) is 111 Å². The van der Waals surface area contributed by atoms with Gasteiger partial charge in [0.1, 0.15) is 5.75 Å². The van der Waals surface area contributed by atoms with Gasteiger partial charge in [-0.3, -0.25) is 9.59 Å². The zero-order chi connectivity index (χ0) is 25.5. The van der Waals surface area contributed by atoms with Crippen molar-refractivity contribution < 1.29 is 19.1 Å². The predicted molar refractivity (Wildman–Crippen MR) is 143 cm³/mol. The molecule has 4 aromatic carbocycles. The standard InChI is InChI=1S/C27H19BrClN3O4/c28-20-6-3-5-19(14-20)26(34)30-16-25(33)32-31-15-23-22-7-2-1-4-17(22)10-13-24(23)36-27(35)18-8-11-21(29)12-9-18/h1-15H,16H2,(H,30,34)(H,32,33)/b31-15-. The van der Waals surface area contributed by atoms with Gasteiger partial charge in [-0.1, -0.05) is 63.9 Å². The molecule has 2 N–H and O–H groups in total. The first-order chi connectivity index (χ1) is 17.4. The summed E-state index contributed by atoms with van der Waals surface area (Å²) in [5.74, 6) is -1.19. The lowest BCUT2D eigenvalue weighted by molar-refractivity contribution is -0.120. The average Bonchev–Trinajstić information content (AvgIpc) is 2.88. The molecule has 7 nitrogen and oxygen atoms in total. The van der Waals surface area contributed by atoms with E-state index in [9.17, 15) is 14.4 Å². The van der Waals surface area contributed by atoms with Crippen LogP contribution in [0.1, 0.15) is 26.3 Å². The highest BCUT2D eigenvalue weighted by Crippen LogP contribution is 2.27. The normalized spacial score (nSPS) is 10.8. The first-order valence-corrected chi connectivity index (χ1v) is 11.9. The van der Waals surface area contributed by atoms with Crippen molar-refractivity contribution in [2.45, 2.75) is 0 Å². The molecule has 0 fully saturated rings. The first kappa shape index (κ1) is 25.1. The van der Waals surface area contributed by atoms with Crippen molar-refractivity contribution >= 4 is 62.3 Å². The minimum absolute atomic E-state index is 0.267. The monoisotopic (exact) mass is 563 g/mol. The van der Waals surface area contributed by atoms with Crippen molar-refractivity contribution in [3.8, 4) is 5.75 Å². The number of nitrogens with one attached hydrogen (secondary N) is 2. The van der Waals surface area contributed by atoms with Crippen LogP contribution in [0.2, 0.25) is 5.02 Å². The molecule has 0 heterocycles. The third-order valence-electron chi connectivity index (χ3n) is 5.09. The number of carbonyl (C=O) groups excluding carboxylic acids is 3. The Morgan fingerprint density at radius 1 is 0.917 bits per heavy atom. The lowest BCUT2D eigenvalue weighted by Crippen LogP contribution is -2.34. The van der Waals surface area contributed by atoms with E-state index in [0.29, 0.717) is 21.7 Å². The smallest absolute Gasteiger partial charge is 0.343 e. The number of amides is 2. The highest BCUT2D eigenvalue weighted by molar-refractivity contribution is 9.10. The van der Waals surface area contributed by atoms with Gasteiger partial charge in [-0.2, -0.15) is 5.10 Å². The topological polar surface area (TPSA) is 96.9 Å². The summed E-state index contributed by atoms with van der Waals surface area (Å²) in [6, 6.07) is 24.2. The van der Waals surface area contributed by atoms with E-state index < -0.39 is 11.9 Å². The Bertz CT molecular complexity index is 1470. The minimum Gasteiger partial charge on any atom is -0.422 e. The van der Waals surface area contributed by atoms with Crippen LogP contribution in [0.3, 0.4) is 0 Å². The summed E-state index contributed by atoms with van der Waals surface area (Å²) in [5, 5.41) is 8.74. The number of ether oxygens (including phenoxy) is 1. The molecule has 0 bridgehead atoms. The Labute approximate surface area is 220 Å². The number of fused-ring (bicyclic) bond motifs is 1. The maximum atomic E-state index is 12.7. The molecule has 4 rings (SSSR count). The van der Waals surface area contributed by atoms with Gasteiger partial charge in [-0.25, -0.2) is 10.2 Å². The van der Waals surface area contributed by atoms with E-state index in [1.165, 1.54) is 6.21 Å². The quantitative estimate of drug-likeness (QED) is 0.137. The van der Waals surface area contributed by atoms with Crippen LogP contribution in [0.15, 0.2) is 94.5 Å². The molecule has 0 spiro atoms. The van der Waals surface area contributed by atoms with Crippen molar-refractivity contribution in [1.82, 2.24) is 10.7 Å². The van der Waals surface area contributed by atoms with Gasteiger partial charge in [0.05, 0.1) is 18.3 Å². The molecule has 0 radical (unpaired) electrons. The molecule has 180 valence electrons. The molecule has 4 aromatic rings. The van der Waals surface area contributed by atoms with E-state index in [2.05, 4.69) is 31.8 Å². The minimum atomic E-state index is -0.559. The van der Waals surface area contributed by atoms with Crippen LogP contribution in [-0.4, -0.2) is 30.5 Å². The molecule has 0 saturated carbocycles. The highest BCUT2D eigenvalue weighted by Gasteiger charge is 2.14. The molecule has 0 saturated heterocycles. The zero-order valence-electron chi connectivity index (χ0n) is 18.7. The Kier molecular flexibility index (Phi) is 8.10. The Balaban J connectivity index is 1.47. The van der Waals surface area contributed by atoms with Gasteiger partial charge in [0.15, 0.2) is 0 Å². The summed E-state index contributed by atoms with van der Waals surface area (Å²) in [6.07, 6.45) is 1.40. The molecule has 0 aliphatic carbocycles. The van der Waals surface area contributed by atoms with Crippen molar-refractivity contribution in [2.24, 2.45) is 5.10 Å². The number of carbonyl (C=O) groups is 3. The number of benzene rings is 4. The molecular weight excluding hydrogens is 546 g/mol. The lowest BCUT2D eigenvalue weighted by atomic mass is 10.0. The summed E-state index contributed by atoms with van der Waals surface area (Å²) < 4.78 is 6.38. The Hall–Kier alpha value is -4.01. The number of hydrogen-bond donors (Lipinski definition) is 2. The van der Waals surface area contributed by atoms with Gasteiger partial charge in [0.25, 0.3) is 11.8 Å². The molecule has 0 aromatic heterocycles. The van der Waals surface area contributed by atoms with Crippen molar-refractivity contribution in [2.75, 3.05) is 6.54 Å². The molecule has 0 aliphatic heterocycles. The molecule has 2 amide bonds. The van der Waals surface area contributed by atoms with Crippen LogP contribution in [0, 0.1) is 0 Å². The van der Waals surface area contributed by atoms with Crippen molar-refractivity contribution in [3.63, 3.8) is 0 Å². The fourth-order valence-corrected chi connectivity index (χ4v) is 3.87. The van der Waals surface area contributed by atoms with E-state index in [1.807, 2.05) is 30.3 Å². The maximum Gasteiger partial charge on any atom is 0.343 e. The number of halogens is 2. The summed E-state index contributed by atoms with van der Waals surface area (Å²) in [6.45, 7) is -0.267. The number of hydrazone groups is 1. The lowest BCUT2D eigenvalue weighted by Gasteiger charge is -2.11. The Morgan fingerprint density at radius 2 is 1.69 bits per heavy atom. The SMILES string of the molecule is O=C(CNC(=O)c1cccc(Br)c1)N/N=C\c1c(OC(=O)c2ccc(Cl)cc2)ccc2ccccc12. The molecular formula is C27H19BrClN3O4. The Morgan fingerprint density at radius 3 is 2.47 bits per heavy atom. The van der Waals surface area contributed by atoms with Crippen LogP contribution in [0.25, 0.3) is 10.8 Å². The summed E-state index contributed by atoms with van der Waals surface area (Å²) in [7, 11) is 0. The van der Waals surface area contributed by atoms with Gasteiger partial charge >= 0.3 is 5.97 Å². The second-order valence-electron chi connectivity index (χ2n) is 7.58. The summed E-state index contributed by atoms with van der Waals surface area (Å²) in [5.41, 5.74) is 3.65. The molecule has 0 unspecified atom stereocenters. The van der Waals surface area contributed by atoms with Crippen molar-refractivity contribution in [1.29, 1.82) is 0 Å². The van der Waals surface area contributed by atoms with E-state index in [1.54, 1.807) is 54.6 Å². The number of rotatable bonds is 7. The van der Waals surface area contributed by atoms with Crippen LogP contribution >= 0.6 is 27.5 Å². The molecule has 0 aliphatic rings. The third kappa shape index (κ3) is 6.35. The van der Waals surface area contributed by atoms with Gasteiger partial charge in [-0.15, -0.1) is 0 Å². The summed E-state index contributed by atoms with van der Waals surface area (Å²) in [4.78, 5) is 37.1. The number of hydrogen-bond acceptors (Lipinski definition) is 5. The first-order valence-electron chi connectivity index (χ1n) is 10.8. The van der Waals surface area contributed by atoms with Gasteiger partial charge in [-0.05, 0) is 59.3 Å². The molecule has 9 heteroatoms. The van der Waals surface area contributed by atoms with Gasteiger partial charge in [0, 0.05) is 20.6 Å². The number of nitrogens with zero attached hydrogens (tertiary/aromatic N) is 1. The average molecular weight is 565 g/mol. The molecule has 0 atom stereocenters. The summed E-state index contributed by atoms with van der Waals surface area (Å²) >= 11 is 9.20.